The fourth-order valence-electron chi connectivity index (χ4n) is 2.69. The average Bonchev–Trinajstić information content (AvgIpc) is 2.74. The predicted molar refractivity (Wildman–Crippen MR) is 113 cm³/mol. The second kappa shape index (κ2) is 10.2. The lowest BCUT2D eigenvalue weighted by Gasteiger charge is -2.14. The number of hydrogen-bond donors (Lipinski definition) is 1. The molecule has 3 aromatic rings. The largest absolute Gasteiger partial charge is 0.573 e. The Morgan fingerprint density at radius 1 is 0.909 bits per heavy atom. The Balaban J connectivity index is 1.75. The summed E-state index contributed by atoms with van der Waals surface area (Å²) in [4.78, 5) is 11.2. The number of carbonyl (C=O) groups excluding carboxylic acids is 1. The molecular weight excluding hydrogens is 461 g/mol. The smallest absolute Gasteiger partial charge is 0.404 e. The lowest BCUT2D eigenvalue weighted by atomic mass is 10.1. The van der Waals surface area contributed by atoms with Crippen LogP contribution in [-0.4, -0.2) is 26.9 Å². The SMILES string of the molecule is O=C(Cc1ccccc1)N/N=C/c1ccccc1OS(=O)(=O)c1ccccc1OC(F)(F)F. The highest BCUT2D eigenvalue weighted by molar-refractivity contribution is 7.87. The molecule has 3 rings (SSSR count). The van der Waals surface area contributed by atoms with Crippen molar-refractivity contribution < 1.29 is 35.3 Å². The molecule has 0 spiro atoms. The summed E-state index contributed by atoms with van der Waals surface area (Å²) in [6.45, 7) is 0. The molecule has 0 aliphatic carbocycles. The Labute approximate surface area is 187 Å². The first-order chi connectivity index (χ1) is 15.6. The average molecular weight is 478 g/mol. The standard InChI is InChI=1S/C22H17F3N2O5S/c23-22(24,25)31-19-12-6-7-13-20(19)33(29,30)32-18-11-5-4-10-17(18)15-26-27-21(28)14-16-8-2-1-3-9-16/h1-13,15H,14H2,(H,27,28)/b26-15+. The van der Waals surface area contributed by atoms with Crippen LogP contribution in [0.15, 0.2) is 88.9 Å². The van der Waals surface area contributed by atoms with Crippen molar-refractivity contribution in [1.29, 1.82) is 0 Å². The first-order valence-corrected chi connectivity index (χ1v) is 10.8. The van der Waals surface area contributed by atoms with Crippen LogP contribution in [0.5, 0.6) is 11.5 Å². The number of halogens is 3. The van der Waals surface area contributed by atoms with Crippen LogP contribution in [0.2, 0.25) is 0 Å². The van der Waals surface area contributed by atoms with Gasteiger partial charge < -0.3 is 8.92 Å². The predicted octanol–water partition coefficient (Wildman–Crippen LogP) is 4.05. The Bertz CT molecular complexity index is 1250. The van der Waals surface area contributed by atoms with E-state index < -0.39 is 33.0 Å². The van der Waals surface area contributed by atoms with Crippen LogP contribution in [0.3, 0.4) is 0 Å². The molecule has 0 aromatic heterocycles. The van der Waals surface area contributed by atoms with Gasteiger partial charge in [0.15, 0.2) is 11.5 Å². The number of nitrogens with one attached hydrogen (secondary N) is 1. The number of hydrazone groups is 1. The van der Waals surface area contributed by atoms with Gasteiger partial charge in [0.05, 0.1) is 12.6 Å². The van der Waals surface area contributed by atoms with Gasteiger partial charge >= 0.3 is 16.5 Å². The van der Waals surface area contributed by atoms with Crippen molar-refractivity contribution in [3.8, 4) is 11.5 Å². The highest BCUT2D eigenvalue weighted by Crippen LogP contribution is 2.31. The first kappa shape index (κ1) is 23.8. The molecule has 1 N–H and O–H groups in total. The van der Waals surface area contributed by atoms with E-state index in [0.29, 0.717) is 0 Å². The van der Waals surface area contributed by atoms with Gasteiger partial charge in [0.25, 0.3) is 0 Å². The molecule has 0 aliphatic rings. The Kier molecular flexibility index (Phi) is 7.34. The van der Waals surface area contributed by atoms with E-state index >= 15 is 0 Å². The molecular formula is C22H17F3N2O5S. The van der Waals surface area contributed by atoms with Gasteiger partial charge in [-0.3, -0.25) is 4.79 Å². The number of ether oxygens (including phenoxy) is 1. The van der Waals surface area contributed by atoms with Crippen molar-refractivity contribution in [1.82, 2.24) is 5.43 Å². The lowest BCUT2D eigenvalue weighted by molar-refractivity contribution is -0.275. The van der Waals surface area contributed by atoms with Gasteiger partial charge in [-0.1, -0.05) is 54.6 Å². The number of rotatable bonds is 8. The zero-order chi connectivity index (χ0) is 23.9. The van der Waals surface area contributed by atoms with Gasteiger partial charge in [0.1, 0.15) is 4.90 Å². The summed E-state index contributed by atoms with van der Waals surface area (Å²) in [5.74, 6) is -1.54. The molecule has 0 saturated carbocycles. The molecule has 0 radical (unpaired) electrons. The number of amides is 1. The van der Waals surface area contributed by atoms with Crippen LogP contribution in [0, 0.1) is 0 Å². The van der Waals surface area contributed by atoms with Crippen molar-refractivity contribution in [2.45, 2.75) is 17.7 Å². The Morgan fingerprint density at radius 2 is 1.52 bits per heavy atom. The molecule has 0 unspecified atom stereocenters. The summed E-state index contributed by atoms with van der Waals surface area (Å²) < 4.78 is 72.1. The number of carbonyl (C=O) groups is 1. The second-order valence-electron chi connectivity index (χ2n) is 6.53. The van der Waals surface area contributed by atoms with E-state index in [1.165, 1.54) is 30.3 Å². The molecule has 0 bridgehead atoms. The molecule has 0 saturated heterocycles. The monoisotopic (exact) mass is 478 g/mol. The third kappa shape index (κ3) is 7.07. The van der Waals surface area contributed by atoms with Crippen LogP contribution in [0.1, 0.15) is 11.1 Å². The summed E-state index contributed by atoms with van der Waals surface area (Å²) in [6.07, 6.45) is -3.85. The van der Waals surface area contributed by atoms with Crippen molar-refractivity contribution in [2.75, 3.05) is 0 Å². The molecule has 1 amide bonds. The molecule has 0 fully saturated rings. The molecule has 0 aliphatic heterocycles. The third-order valence-corrected chi connectivity index (χ3v) is 5.34. The van der Waals surface area contributed by atoms with Crippen LogP contribution in [0.25, 0.3) is 0 Å². The van der Waals surface area contributed by atoms with E-state index in [0.717, 1.165) is 23.9 Å². The van der Waals surface area contributed by atoms with Crippen molar-refractivity contribution >= 4 is 22.2 Å². The number of para-hydroxylation sites is 2. The summed E-state index contributed by atoms with van der Waals surface area (Å²) in [5.41, 5.74) is 3.26. The normalized spacial score (nSPS) is 11.8. The van der Waals surface area contributed by atoms with Crippen molar-refractivity contribution in [3.05, 3.63) is 90.0 Å². The van der Waals surface area contributed by atoms with E-state index in [4.69, 9.17) is 4.18 Å². The minimum atomic E-state index is -5.09. The zero-order valence-corrected chi connectivity index (χ0v) is 17.6. The van der Waals surface area contributed by atoms with Crippen LogP contribution < -0.4 is 14.3 Å². The summed E-state index contributed by atoms with van der Waals surface area (Å²) >= 11 is 0. The summed E-state index contributed by atoms with van der Waals surface area (Å²) in [5, 5.41) is 3.79. The molecule has 172 valence electrons. The molecule has 33 heavy (non-hydrogen) atoms. The fraction of sp³-hybridized carbons (Fsp3) is 0.0909. The quantitative estimate of drug-likeness (QED) is 0.300. The summed E-state index contributed by atoms with van der Waals surface area (Å²) in [6, 6.07) is 18.9. The number of benzene rings is 3. The van der Waals surface area contributed by atoms with Gasteiger partial charge in [0.2, 0.25) is 5.91 Å². The molecule has 0 heterocycles. The zero-order valence-electron chi connectivity index (χ0n) is 16.8. The van der Waals surface area contributed by atoms with E-state index in [1.807, 2.05) is 6.07 Å². The van der Waals surface area contributed by atoms with E-state index in [-0.39, 0.29) is 17.7 Å². The van der Waals surface area contributed by atoms with E-state index in [9.17, 15) is 26.4 Å². The van der Waals surface area contributed by atoms with Gasteiger partial charge in [-0.05, 0) is 29.8 Å². The van der Waals surface area contributed by atoms with Crippen LogP contribution in [-0.2, 0) is 21.3 Å². The maximum Gasteiger partial charge on any atom is 0.573 e. The Morgan fingerprint density at radius 3 is 2.21 bits per heavy atom. The van der Waals surface area contributed by atoms with Gasteiger partial charge in [0, 0.05) is 5.56 Å². The maximum atomic E-state index is 12.7. The van der Waals surface area contributed by atoms with E-state index in [2.05, 4.69) is 15.3 Å². The second-order valence-corrected chi connectivity index (χ2v) is 8.04. The number of alkyl halides is 3. The van der Waals surface area contributed by atoms with Crippen molar-refractivity contribution in [2.24, 2.45) is 5.10 Å². The van der Waals surface area contributed by atoms with Crippen LogP contribution >= 0.6 is 0 Å². The Hall–Kier alpha value is -3.86. The topological polar surface area (TPSA) is 94.1 Å². The van der Waals surface area contributed by atoms with Gasteiger partial charge in [-0.2, -0.15) is 13.5 Å². The highest BCUT2D eigenvalue weighted by Gasteiger charge is 2.34. The molecule has 11 heteroatoms. The minimum absolute atomic E-state index is 0.0840. The molecule has 0 atom stereocenters. The number of hydrogen-bond acceptors (Lipinski definition) is 6. The summed E-state index contributed by atoms with van der Waals surface area (Å²) in [7, 11) is -4.69. The lowest BCUT2D eigenvalue weighted by Crippen LogP contribution is -2.20. The third-order valence-electron chi connectivity index (χ3n) is 4.06. The van der Waals surface area contributed by atoms with Crippen LogP contribution in [0.4, 0.5) is 13.2 Å². The number of nitrogens with zero attached hydrogens (tertiary/aromatic N) is 1. The van der Waals surface area contributed by atoms with Gasteiger partial charge in [-0.15, -0.1) is 13.2 Å². The maximum absolute atomic E-state index is 12.7. The first-order valence-electron chi connectivity index (χ1n) is 9.38. The minimum Gasteiger partial charge on any atom is -0.404 e. The van der Waals surface area contributed by atoms with Crippen molar-refractivity contribution in [3.63, 3.8) is 0 Å². The molecule has 3 aromatic carbocycles. The highest BCUT2D eigenvalue weighted by atomic mass is 32.2. The van der Waals surface area contributed by atoms with E-state index in [1.54, 1.807) is 30.3 Å². The molecule has 7 nitrogen and oxygen atoms in total. The van der Waals surface area contributed by atoms with Gasteiger partial charge in [-0.25, -0.2) is 5.43 Å². The fourth-order valence-corrected chi connectivity index (χ4v) is 3.77.